The zero-order valence-corrected chi connectivity index (χ0v) is 22.9. The van der Waals surface area contributed by atoms with Gasteiger partial charge in [0.15, 0.2) is 0 Å². The van der Waals surface area contributed by atoms with Gasteiger partial charge in [0.05, 0.1) is 18.3 Å². The molecule has 2 heterocycles. The van der Waals surface area contributed by atoms with Crippen molar-refractivity contribution < 1.29 is 38.7 Å². The molecule has 0 amide bonds. The smallest absolute Gasteiger partial charge is 0.314 e. The van der Waals surface area contributed by atoms with Crippen LogP contribution in [-0.2, 0) is 28.5 Å². The number of methoxy groups -OCH3 is 3. The van der Waals surface area contributed by atoms with Crippen LogP contribution in [0.5, 0.6) is 0 Å². The minimum Gasteiger partial charge on any atom is -0.457 e. The fraction of sp³-hybridized carbons (Fsp3) is 0.690. The Morgan fingerprint density at radius 1 is 0.946 bits per heavy atom. The lowest BCUT2D eigenvalue weighted by Crippen LogP contribution is -2.66. The summed E-state index contributed by atoms with van der Waals surface area (Å²) in [5.74, 6) is -4.38. The lowest BCUT2D eigenvalue weighted by molar-refractivity contribution is -0.360. The predicted molar refractivity (Wildman–Crippen MR) is 139 cm³/mol. The molecular weight excluding hydrogens is 476 g/mol. The van der Waals surface area contributed by atoms with E-state index in [-0.39, 0.29) is 24.0 Å². The van der Waals surface area contributed by atoms with Gasteiger partial charge in [0.2, 0.25) is 5.79 Å². The first-order chi connectivity index (χ1) is 17.7. The van der Waals surface area contributed by atoms with E-state index in [0.717, 1.165) is 24.8 Å². The molecule has 37 heavy (non-hydrogen) atoms. The molecule has 3 rings (SSSR count). The Morgan fingerprint density at radius 2 is 1.62 bits per heavy atom. The van der Waals surface area contributed by atoms with E-state index in [0.29, 0.717) is 6.42 Å². The Hall–Kier alpha value is -1.81. The fourth-order valence-electron chi connectivity index (χ4n) is 5.56. The van der Waals surface area contributed by atoms with Gasteiger partial charge >= 0.3 is 5.97 Å². The molecule has 8 heteroatoms. The van der Waals surface area contributed by atoms with Crippen molar-refractivity contribution in [3.05, 3.63) is 48.0 Å². The normalized spacial score (nSPS) is 41.1. The number of carbonyl (C=O) groups is 1. The summed E-state index contributed by atoms with van der Waals surface area (Å²) in [6, 6.07) is 9.58. The van der Waals surface area contributed by atoms with E-state index in [1.165, 1.54) is 7.11 Å². The first kappa shape index (κ1) is 29.7. The quantitative estimate of drug-likeness (QED) is 0.456. The van der Waals surface area contributed by atoms with Gasteiger partial charge in [-0.3, -0.25) is 4.79 Å². The van der Waals surface area contributed by atoms with E-state index in [2.05, 4.69) is 0 Å². The molecular formula is C29H44O8. The number of ether oxygens (including phenoxy) is 5. The highest BCUT2D eigenvalue weighted by Gasteiger charge is 2.58. The van der Waals surface area contributed by atoms with E-state index in [1.807, 2.05) is 56.3 Å². The second kappa shape index (κ2) is 13.3. The van der Waals surface area contributed by atoms with Gasteiger partial charge < -0.3 is 33.9 Å². The maximum atomic E-state index is 13.5. The van der Waals surface area contributed by atoms with Crippen LogP contribution in [0.3, 0.4) is 0 Å². The number of carbonyl (C=O) groups excluding carboxylic acids is 1. The van der Waals surface area contributed by atoms with E-state index >= 15 is 0 Å². The molecule has 0 unspecified atom stereocenters. The number of benzene rings is 1. The number of aliphatic hydroxyl groups excluding tert-OH is 1. The number of rotatable bonds is 4. The van der Waals surface area contributed by atoms with Crippen molar-refractivity contribution in [1.82, 2.24) is 0 Å². The van der Waals surface area contributed by atoms with Crippen LogP contribution in [0.25, 0.3) is 0 Å². The predicted octanol–water partition coefficient (Wildman–Crippen LogP) is 3.80. The van der Waals surface area contributed by atoms with Crippen LogP contribution in [-0.4, -0.2) is 73.8 Å². The maximum Gasteiger partial charge on any atom is 0.314 e. The third kappa shape index (κ3) is 6.61. The zero-order valence-electron chi connectivity index (χ0n) is 22.9. The molecule has 0 aromatic heterocycles. The summed E-state index contributed by atoms with van der Waals surface area (Å²) >= 11 is 0. The monoisotopic (exact) mass is 520 g/mol. The fourth-order valence-corrected chi connectivity index (χ4v) is 5.56. The summed E-state index contributed by atoms with van der Waals surface area (Å²) in [5.41, 5.74) is 0.880. The first-order valence-electron chi connectivity index (χ1n) is 13.3. The Labute approximate surface area is 220 Å². The molecule has 0 spiro atoms. The third-order valence-electron chi connectivity index (χ3n) is 8.03. The van der Waals surface area contributed by atoms with Crippen LogP contribution in [0.2, 0.25) is 0 Å². The van der Waals surface area contributed by atoms with Crippen LogP contribution in [0, 0.1) is 17.8 Å². The van der Waals surface area contributed by atoms with Gasteiger partial charge in [0, 0.05) is 33.2 Å². The van der Waals surface area contributed by atoms with Crippen LogP contribution in [0.15, 0.2) is 42.5 Å². The number of esters is 1. The molecule has 208 valence electrons. The van der Waals surface area contributed by atoms with E-state index < -0.39 is 42.1 Å². The molecule has 8 nitrogen and oxygen atoms in total. The average Bonchev–Trinajstić information content (AvgIpc) is 2.90. The Morgan fingerprint density at radius 3 is 2.24 bits per heavy atom. The number of hydrogen-bond acceptors (Lipinski definition) is 8. The molecule has 10 atom stereocenters. The van der Waals surface area contributed by atoms with Crippen molar-refractivity contribution >= 4 is 5.97 Å². The Balaban J connectivity index is 2.01. The van der Waals surface area contributed by atoms with E-state index in [4.69, 9.17) is 23.7 Å². The molecule has 1 aromatic rings. The van der Waals surface area contributed by atoms with Gasteiger partial charge in [-0.15, -0.1) is 0 Å². The van der Waals surface area contributed by atoms with Crippen molar-refractivity contribution in [3.63, 3.8) is 0 Å². The van der Waals surface area contributed by atoms with Gasteiger partial charge in [-0.1, -0.05) is 62.8 Å². The average molecular weight is 521 g/mol. The van der Waals surface area contributed by atoms with Crippen LogP contribution >= 0.6 is 0 Å². The highest BCUT2D eigenvalue weighted by molar-refractivity contribution is 5.73. The van der Waals surface area contributed by atoms with Crippen molar-refractivity contribution in [2.75, 3.05) is 21.3 Å². The second-order valence-corrected chi connectivity index (χ2v) is 10.4. The summed E-state index contributed by atoms with van der Waals surface area (Å²) in [6.07, 6.45) is 3.29. The van der Waals surface area contributed by atoms with Crippen LogP contribution in [0.4, 0.5) is 0 Å². The number of hydrogen-bond donors (Lipinski definition) is 2. The summed E-state index contributed by atoms with van der Waals surface area (Å²) in [7, 11) is 4.72. The Bertz CT molecular complexity index is 876. The Kier molecular flexibility index (Phi) is 10.7. The van der Waals surface area contributed by atoms with Crippen LogP contribution in [0.1, 0.15) is 58.1 Å². The summed E-state index contributed by atoms with van der Waals surface area (Å²) in [5, 5.41) is 22.9. The van der Waals surface area contributed by atoms with E-state index in [1.54, 1.807) is 21.1 Å². The number of cyclic esters (lactones) is 1. The molecule has 1 fully saturated rings. The molecule has 0 aliphatic carbocycles. The van der Waals surface area contributed by atoms with Crippen molar-refractivity contribution in [2.45, 2.75) is 88.9 Å². The highest BCUT2D eigenvalue weighted by Crippen LogP contribution is 2.42. The largest absolute Gasteiger partial charge is 0.457 e. The van der Waals surface area contributed by atoms with Gasteiger partial charge in [-0.25, -0.2) is 0 Å². The van der Waals surface area contributed by atoms with Crippen molar-refractivity contribution in [2.24, 2.45) is 17.8 Å². The molecule has 2 aliphatic rings. The first-order valence-corrected chi connectivity index (χ1v) is 13.3. The minimum absolute atomic E-state index is 0.149. The van der Waals surface area contributed by atoms with Gasteiger partial charge in [-0.05, 0) is 31.7 Å². The third-order valence-corrected chi connectivity index (χ3v) is 8.03. The second-order valence-electron chi connectivity index (χ2n) is 10.4. The molecule has 1 aromatic carbocycles. The number of aliphatic hydroxyl groups is 2. The van der Waals surface area contributed by atoms with Crippen molar-refractivity contribution in [3.8, 4) is 0 Å². The van der Waals surface area contributed by atoms with Gasteiger partial charge in [0.25, 0.3) is 0 Å². The SMILES string of the molecule is CO[C@H]1CCCC[C@H](c2ccccc2)OC(=O)[C@@H](C)[C@@]2(O)O[C@H]([C@@H](C)[C@H](O)[C@H]2OC)[C@@H](C)/C=C/[C@H]1OC. The highest BCUT2D eigenvalue weighted by atomic mass is 16.7. The molecule has 0 saturated carbocycles. The van der Waals surface area contributed by atoms with Crippen LogP contribution < -0.4 is 0 Å². The topological polar surface area (TPSA) is 104 Å². The summed E-state index contributed by atoms with van der Waals surface area (Å²) in [4.78, 5) is 13.5. The molecule has 0 radical (unpaired) electrons. The molecule has 2 bridgehead atoms. The molecule has 1 saturated heterocycles. The minimum atomic E-state index is -2.08. The van der Waals surface area contributed by atoms with Crippen molar-refractivity contribution in [1.29, 1.82) is 0 Å². The summed E-state index contributed by atoms with van der Waals surface area (Å²) in [6.45, 7) is 5.36. The van der Waals surface area contributed by atoms with Gasteiger partial charge in [-0.2, -0.15) is 0 Å². The number of fused-ring (bicyclic) bond motifs is 2. The summed E-state index contributed by atoms with van der Waals surface area (Å²) < 4.78 is 29.3. The standard InChI is InChI=1S/C29H44O8/c1-18-16-17-24(34-5)23(33-4)15-11-10-14-22(21-12-8-7-9-13-21)36-28(31)20(3)29(32)27(35-6)25(30)19(2)26(18)37-29/h7-9,12-13,16-20,22-27,30,32H,10-11,14-15H2,1-6H3/b17-16+/t18-,19-,20+,22+,23-,24+,25-,26-,27+,29+/m0/s1. The maximum absolute atomic E-state index is 13.5. The molecule has 2 aliphatic heterocycles. The lowest BCUT2D eigenvalue weighted by atomic mass is 9.78. The van der Waals surface area contributed by atoms with Gasteiger partial charge in [0.1, 0.15) is 24.2 Å². The van der Waals surface area contributed by atoms with E-state index in [9.17, 15) is 15.0 Å². The zero-order chi connectivity index (χ0) is 27.2. The molecule has 2 N–H and O–H groups in total. The lowest BCUT2D eigenvalue weighted by Gasteiger charge is -2.51.